The second-order valence-corrected chi connectivity index (χ2v) is 17.4. The van der Waals surface area contributed by atoms with E-state index in [0.717, 1.165) is 103 Å². The highest BCUT2D eigenvalue weighted by Gasteiger charge is 2.19. The zero-order valence-electron chi connectivity index (χ0n) is 41.3. The summed E-state index contributed by atoms with van der Waals surface area (Å²) >= 11 is 0. The maximum Gasteiger partial charge on any atom is 0.306 e. The molecule has 362 valence electrons. The van der Waals surface area contributed by atoms with Crippen molar-refractivity contribution in [3.05, 3.63) is 72.9 Å². The first-order chi connectivity index (χ1) is 31.0. The van der Waals surface area contributed by atoms with Crippen molar-refractivity contribution in [2.24, 2.45) is 0 Å². The van der Waals surface area contributed by atoms with Crippen molar-refractivity contribution in [1.82, 2.24) is 0 Å². The lowest BCUT2D eigenvalue weighted by molar-refractivity contribution is -0.167. The minimum Gasteiger partial charge on any atom is -0.462 e. The van der Waals surface area contributed by atoms with E-state index < -0.39 is 6.10 Å². The quantitative estimate of drug-likeness (QED) is 0.0262. The first-order valence-electron chi connectivity index (χ1n) is 26.4. The van der Waals surface area contributed by atoms with Crippen LogP contribution in [0.3, 0.4) is 0 Å². The van der Waals surface area contributed by atoms with E-state index in [4.69, 9.17) is 14.2 Å². The van der Waals surface area contributed by atoms with E-state index in [1.807, 2.05) is 0 Å². The van der Waals surface area contributed by atoms with Gasteiger partial charge in [0.15, 0.2) is 6.10 Å². The van der Waals surface area contributed by atoms with Gasteiger partial charge in [-0.3, -0.25) is 14.4 Å². The number of unbranched alkanes of at least 4 members (excludes halogenated alkanes) is 24. The predicted octanol–water partition coefficient (Wildman–Crippen LogP) is 17.4. The molecule has 0 aliphatic rings. The van der Waals surface area contributed by atoms with E-state index in [1.165, 1.54) is 109 Å². The molecule has 0 fully saturated rings. The Morgan fingerprint density at radius 1 is 0.333 bits per heavy atom. The molecule has 63 heavy (non-hydrogen) atoms. The van der Waals surface area contributed by atoms with Gasteiger partial charge in [-0.15, -0.1) is 0 Å². The first kappa shape index (κ1) is 59.9. The first-order valence-corrected chi connectivity index (χ1v) is 26.4. The Hall–Kier alpha value is -3.15. The molecule has 6 heteroatoms. The molecule has 0 radical (unpaired) electrons. The minimum atomic E-state index is -0.783. The Labute approximate surface area is 389 Å². The van der Waals surface area contributed by atoms with Crippen LogP contribution in [-0.2, 0) is 28.6 Å². The third-order valence-corrected chi connectivity index (χ3v) is 11.2. The monoisotopic (exact) mass is 879 g/mol. The highest BCUT2D eigenvalue weighted by atomic mass is 16.6. The van der Waals surface area contributed by atoms with Crippen LogP contribution in [0, 0.1) is 0 Å². The molecule has 0 N–H and O–H groups in total. The van der Waals surface area contributed by atoms with E-state index in [9.17, 15) is 14.4 Å². The standard InChI is InChI=1S/C57H98O6/c1-4-7-10-13-16-19-21-23-25-27-28-30-31-33-35-38-41-44-47-50-56(59)62-53-54(52-61-55(58)49-46-43-40-37-18-15-12-9-6-3)63-57(60)51-48-45-42-39-36-34-32-29-26-24-22-20-17-14-11-8-5-2/h8,11,16-17,19-20,23-26,28,30,54H,4-7,9-10,12-15,18,21-22,27,29,31-53H2,1-3H3/b11-8-,19-16-,20-17-,25-23-,26-24-,30-28-. The zero-order valence-corrected chi connectivity index (χ0v) is 41.3. The summed E-state index contributed by atoms with van der Waals surface area (Å²) < 4.78 is 16.8. The molecule has 0 heterocycles. The molecular formula is C57H98O6. The van der Waals surface area contributed by atoms with Gasteiger partial charge in [-0.25, -0.2) is 0 Å². The highest BCUT2D eigenvalue weighted by molar-refractivity contribution is 5.71. The number of esters is 3. The third-order valence-electron chi connectivity index (χ3n) is 11.2. The summed E-state index contributed by atoms with van der Waals surface area (Å²) in [6, 6.07) is 0. The molecule has 0 aliphatic carbocycles. The molecule has 0 saturated heterocycles. The number of carbonyl (C=O) groups excluding carboxylic acids is 3. The summed E-state index contributed by atoms with van der Waals surface area (Å²) in [5.74, 6) is -0.906. The number of hydrogen-bond acceptors (Lipinski definition) is 6. The minimum absolute atomic E-state index is 0.0828. The number of carbonyl (C=O) groups is 3. The smallest absolute Gasteiger partial charge is 0.306 e. The molecule has 6 nitrogen and oxygen atoms in total. The van der Waals surface area contributed by atoms with E-state index in [1.54, 1.807) is 0 Å². The van der Waals surface area contributed by atoms with E-state index >= 15 is 0 Å². The van der Waals surface area contributed by atoms with Gasteiger partial charge in [-0.2, -0.15) is 0 Å². The Balaban J connectivity index is 4.35. The predicted molar refractivity (Wildman–Crippen MR) is 270 cm³/mol. The maximum atomic E-state index is 12.8. The lowest BCUT2D eigenvalue weighted by atomic mass is 10.1. The molecule has 1 atom stereocenters. The number of ether oxygens (including phenoxy) is 3. The fourth-order valence-corrected chi connectivity index (χ4v) is 7.23. The van der Waals surface area contributed by atoms with Gasteiger partial charge in [0.1, 0.15) is 13.2 Å². The zero-order chi connectivity index (χ0) is 45.8. The molecule has 1 unspecified atom stereocenters. The largest absolute Gasteiger partial charge is 0.462 e. The van der Waals surface area contributed by atoms with Crippen LogP contribution in [-0.4, -0.2) is 37.2 Å². The van der Waals surface area contributed by atoms with E-state index in [2.05, 4.69) is 93.7 Å². The van der Waals surface area contributed by atoms with Crippen LogP contribution >= 0.6 is 0 Å². The summed E-state index contributed by atoms with van der Waals surface area (Å²) in [6.45, 7) is 6.47. The lowest BCUT2D eigenvalue weighted by Crippen LogP contribution is -2.30. The molecule has 0 aliphatic heterocycles. The van der Waals surface area contributed by atoms with Gasteiger partial charge in [-0.05, 0) is 89.9 Å². The third kappa shape index (κ3) is 49.7. The van der Waals surface area contributed by atoms with Gasteiger partial charge in [-0.1, -0.05) is 216 Å². The summed E-state index contributed by atoms with van der Waals surface area (Å²) in [6.07, 6.45) is 64.6. The molecular weight excluding hydrogens is 781 g/mol. The number of allylic oxidation sites excluding steroid dienone is 12. The Morgan fingerprint density at radius 2 is 0.619 bits per heavy atom. The highest BCUT2D eigenvalue weighted by Crippen LogP contribution is 2.14. The molecule has 0 spiro atoms. The SMILES string of the molecule is CC/C=C\C/C=C\C/C=C\CCCCCCCCCC(=O)OC(COC(=O)CCCCCCCC/C=C\C/C=C\C/C=C\CCCCC)COC(=O)CCCCCCCCCCC. The molecule has 0 aromatic carbocycles. The average Bonchev–Trinajstić information content (AvgIpc) is 3.28. The average molecular weight is 879 g/mol. The number of hydrogen-bond donors (Lipinski definition) is 0. The lowest BCUT2D eigenvalue weighted by Gasteiger charge is -2.18. The van der Waals surface area contributed by atoms with Gasteiger partial charge in [0, 0.05) is 19.3 Å². The van der Waals surface area contributed by atoms with E-state index in [0.29, 0.717) is 19.3 Å². The molecule has 0 bridgehead atoms. The second kappa shape index (κ2) is 51.5. The van der Waals surface area contributed by atoms with Crippen LogP contribution in [0.4, 0.5) is 0 Å². The van der Waals surface area contributed by atoms with Gasteiger partial charge < -0.3 is 14.2 Å². The summed E-state index contributed by atoms with van der Waals surface area (Å²) in [4.78, 5) is 37.9. The molecule has 0 amide bonds. The van der Waals surface area contributed by atoms with Gasteiger partial charge in [0.2, 0.25) is 0 Å². The van der Waals surface area contributed by atoms with Crippen LogP contribution in [0.25, 0.3) is 0 Å². The fraction of sp³-hybridized carbons (Fsp3) is 0.737. The summed E-state index contributed by atoms with van der Waals surface area (Å²) in [7, 11) is 0. The second-order valence-electron chi connectivity index (χ2n) is 17.4. The van der Waals surface area contributed by atoms with Crippen molar-refractivity contribution in [3.8, 4) is 0 Å². The van der Waals surface area contributed by atoms with Crippen molar-refractivity contribution in [3.63, 3.8) is 0 Å². The summed E-state index contributed by atoms with van der Waals surface area (Å²) in [5, 5.41) is 0. The van der Waals surface area contributed by atoms with Gasteiger partial charge in [0.25, 0.3) is 0 Å². The Morgan fingerprint density at radius 3 is 1.00 bits per heavy atom. The van der Waals surface area contributed by atoms with Gasteiger partial charge in [0.05, 0.1) is 0 Å². The van der Waals surface area contributed by atoms with Crippen LogP contribution in [0.2, 0.25) is 0 Å². The fourth-order valence-electron chi connectivity index (χ4n) is 7.23. The Kier molecular flexibility index (Phi) is 48.9. The van der Waals surface area contributed by atoms with E-state index in [-0.39, 0.29) is 31.1 Å². The van der Waals surface area contributed by atoms with Crippen LogP contribution in [0.5, 0.6) is 0 Å². The van der Waals surface area contributed by atoms with Crippen LogP contribution < -0.4 is 0 Å². The molecule has 0 aromatic rings. The topological polar surface area (TPSA) is 78.9 Å². The Bertz CT molecular complexity index is 1190. The molecule has 0 aromatic heterocycles. The van der Waals surface area contributed by atoms with Crippen molar-refractivity contribution in [2.75, 3.05) is 13.2 Å². The molecule has 0 rings (SSSR count). The maximum absolute atomic E-state index is 12.8. The van der Waals surface area contributed by atoms with Crippen molar-refractivity contribution in [2.45, 2.75) is 258 Å². The van der Waals surface area contributed by atoms with Crippen molar-refractivity contribution >= 4 is 17.9 Å². The van der Waals surface area contributed by atoms with Gasteiger partial charge >= 0.3 is 17.9 Å². The number of rotatable bonds is 47. The van der Waals surface area contributed by atoms with Crippen molar-refractivity contribution in [1.29, 1.82) is 0 Å². The van der Waals surface area contributed by atoms with Crippen molar-refractivity contribution < 1.29 is 28.6 Å². The normalized spacial score (nSPS) is 12.6. The molecule has 0 saturated carbocycles. The summed E-state index contributed by atoms with van der Waals surface area (Å²) in [5.41, 5.74) is 0. The van der Waals surface area contributed by atoms with Crippen LogP contribution in [0.1, 0.15) is 252 Å². The van der Waals surface area contributed by atoms with Crippen LogP contribution in [0.15, 0.2) is 72.9 Å².